The maximum absolute atomic E-state index is 5.58. The Morgan fingerprint density at radius 1 is 0.268 bits per heavy atom. The summed E-state index contributed by atoms with van der Waals surface area (Å²) in [6.45, 7) is 36.5. The molecule has 0 aliphatic carbocycles. The van der Waals surface area contributed by atoms with Crippen LogP contribution in [0.5, 0.6) is 11.5 Å². The van der Waals surface area contributed by atoms with Gasteiger partial charge < -0.3 is 4.74 Å². The second-order valence-corrected chi connectivity index (χ2v) is 16.2. The summed E-state index contributed by atoms with van der Waals surface area (Å²) >= 11 is 5.51. The molecule has 1 aliphatic rings. The molecule has 71 heavy (non-hydrogen) atoms. The average Bonchev–Trinajstić information content (AvgIpc) is 3.49. The Balaban J connectivity index is -0.000000792. The van der Waals surface area contributed by atoms with Crippen LogP contribution >= 0.6 is 35.3 Å². The zero-order chi connectivity index (χ0) is 54.0. The van der Waals surface area contributed by atoms with Crippen molar-refractivity contribution < 1.29 is 4.74 Å². The van der Waals surface area contributed by atoms with Crippen LogP contribution in [0.4, 0.5) is 0 Å². The normalized spacial score (nSPS) is 9.21. The molecule has 9 rings (SSSR count). The van der Waals surface area contributed by atoms with E-state index in [1.807, 2.05) is 207 Å². The summed E-state index contributed by atoms with van der Waals surface area (Å²) in [6.07, 6.45) is 0. The highest BCUT2D eigenvalue weighted by Gasteiger charge is 2.22. The predicted octanol–water partition coefficient (Wildman–Crippen LogP) is 23.8. The third-order valence-electron chi connectivity index (χ3n) is 8.57. The highest BCUT2D eigenvalue weighted by molar-refractivity contribution is 8.05. The molecule has 0 aromatic heterocycles. The lowest BCUT2D eigenvalue weighted by Crippen LogP contribution is -2.18. The molecule has 0 radical (unpaired) electrons. The molecule has 0 atom stereocenters. The second kappa shape index (κ2) is 49.6. The van der Waals surface area contributed by atoms with Gasteiger partial charge in [0.2, 0.25) is 0 Å². The Kier molecular flexibility index (Phi) is 48.8. The first-order valence-corrected chi connectivity index (χ1v) is 28.7. The summed E-state index contributed by atoms with van der Waals surface area (Å²) in [5, 5.41) is 0. The first-order chi connectivity index (χ1) is 35.0. The molecule has 0 saturated carbocycles. The third kappa shape index (κ3) is 29.5. The molecule has 0 fully saturated rings. The number of para-hydroxylation sites is 2. The minimum Gasteiger partial charge on any atom is -0.457 e. The van der Waals surface area contributed by atoms with E-state index < -0.39 is 0 Å². The first kappa shape index (κ1) is 69.9. The van der Waals surface area contributed by atoms with Crippen molar-refractivity contribution in [2.24, 2.45) is 0 Å². The van der Waals surface area contributed by atoms with E-state index >= 15 is 0 Å². The molecule has 1 aliphatic heterocycles. The molecule has 8 aromatic carbocycles. The fraction of sp³-hybridized carbons (Fsp3) is 0.284. The lowest BCUT2D eigenvalue weighted by atomic mass is 9.78. The van der Waals surface area contributed by atoms with Gasteiger partial charge in [-0.1, -0.05) is 318 Å². The SMILES string of the molecule is CC.CC.CC.CC.CC.CC.CC.CC.CC(C)(c1ccccc1)c1ccccc1.c1ccc(Oc2ccccc2)cc1.c1ccc(Sc2ccccc2)cc1.c1ccc2c(c1)Sc1ccccc1S2. The summed E-state index contributed by atoms with van der Waals surface area (Å²) in [5.74, 6) is 1.74. The Morgan fingerprint density at radius 3 is 0.704 bits per heavy atom. The molecular formula is C67H92OS3. The van der Waals surface area contributed by atoms with Crippen molar-refractivity contribution in [2.45, 2.75) is 159 Å². The highest BCUT2D eigenvalue weighted by atomic mass is 32.2. The van der Waals surface area contributed by atoms with Crippen molar-refractivity contribution in [3.8, 4) is 11.5 Å². The van der Waals surface area contributed by atoms with Crippen LogP contribution < -0.4 is 4.74 Å². The molecule has 4 heteroatoms. The van der Waals surface area contributed by atoms with Gasteiger partial charge in [0.25, 0.3) is 0 Å². The first-order valence-electron chi connectivity index (χ1n) is 26.3. The van der Waals surface area contributed by atoms with Crippen molar-refractivity contribution in [3.05, 3.63) is 242 Å². The zero-order valence-corrected chi connectivity index (χ0v) is 49.5. The van der Waals surface area contributed by atoms with E-state index in [0.717, 1.165) is 11.5 Å². The van der Waals surface area contributed by atoms with Crippen LogP contribution in [0.15, 0.2) is 260 Å². The van der Waals surface area contributed by atoms with Crippen LogP contribution in [-0.2, 0) is 5.41 Å². The quantitative estimate of drug-likeness (QED) is 0.164. The van der Waals surface area contributed by atoms with E-state index in [1.165, 1.54) is 40.5 Å². The second-order valence-electron chi connectivity index (χ2n) is 12.9. The van der Waals surface area contributed by atoms with Gasteiger partial charge >= 0.3 is 0 Å². The number of rotatable bonds is 6. The number of benzene rings is 8. The number of hydrogen-bond donors (Lipinski definition) is 0. The Labute approximate surface area is 449 Å². The summed E-state index contributed by atoms with van der Waals surface area (Å²) in [6, 6.07) is 78.7. The lowest BCUT2D eigenvalue weighted by Gasteiger charge is -2.25. The van der Waals surface area contributed by atoms with Gasteiger partial charge in [-0.2, -0.15) is 0 Å². The van der Waals surface area contributed by atoms with Crippen molar-refractivity contribution in [2.75, 3.05) is 0 Å². The van der Waals surface area contributed by atoms with Crippen LogP contribution in [0.3, 0.4) is 0 Å². The van der Waals surface area contributed by atoms with E-state index in [0.29, 0.717) is 0 Å². The maximum Gasteiger partial charge on any atom is 0.127 e. The van der Waals surface area contributed by atoms with Crippen LogP contribution in [0, 0.1) is 0 Å². The van der Waals surface area contributed by atoms with Gasteiger partial charge in [-0.25, -0.2) is 0 Å². The molecular weight excluding hydrogens is 917 g/mol. The monoisotopic (exact) mass is 1010 g/mol. The number of ether oxygens (including phenoxy) is 1. The van der Waals surface area contributed by atoms with E-state index in [4.69, 9.17) is 4.74 Å². The molecule has 1 nitrogen and oxygen atoms in total. The molecule has 1 heterocycles. The summed E-state index contributed by atoms with van der Waals surface area (Å²) in [5.41, 5.74) is 2.80. The van der Waals surface area contributed by atoms with Gasteiger partial charge in [-0.05, 0) is 83.9 Å². The van der Waals surface area contributed by atoms with Gasteiger partial charge in [0.15, 0.2) is 0 Å². The maximum atomic E-state index is 5.58. The number of hydrogen-bond acceptors (Lipinski definition) is 4. The molecule has 8 aromatic rings. The Bertz CT molecular complexity index is 1990. The largest absolute Gasteiger partial charge is 0.457 e. The summed E-state index contributed by atoms with van der Waals surface area (Å²) in [4.78, 5) is 8.06. The topological polar surface area (TPSA) is 9.23 Å². The van der Waals surface area contributed by atoms with E-state index in [9.17, 15) is 0 Å². The van der Waals surface area contributed by atoms with Gasteiger partial charge in [-0.15, -0.1) is 0 Å². The van der Waals surface area contributed by atoms with E-state index in [1.54, 1.807) is 11.8 Å². The predicted molar refractivity (Wildman–Crippen MR) is 327 cm³/mol. The molecule has 0 saturated heterocycles. The zero-order valence-electron chi connectivity index (χ0n) is 47.1. The molecule has 384 valence electrons. The van der Waals surface area contributed by atoms with Crippen molar-refractivity contribution in [1.82, 2.24) is 0 Å². The number of fused-ring (bicyclic) bond motifs is 2. The van der Waals surface area contributed by atoms with Gasteiger partial charge in [0.1, 0.15) is 11.5 Å². The van der Waals surface area contributed by atoms with E-state index in [-0.39, 0.29) is 5.41 Å². The fourth-order valence-electron chi connectivity index (χ4n) is 5.58. The average molecular weight is 1010 g/mol. The van der Waals surface area contributed by atoms with Crippen LogP contribution in [0.25, 0.3) is 0 Å². The van der Waals surface area contributed by atoms with Crippen LogP contribution in [0.1, 0.15) is 136 Å². The van der Waals surface area contributed by atoms with Gasteiger partial charge in [0.05, 0.1) is 0 Å². The van der Waals surface area contributed by atoms with Gasteiger partial charge in [0, 0.05) is 34.8 Å². The standard InChI is InChI=1S/C15H16.C12H10O.C12H8S2.C12H10S.8C2H6/c1-15(2,13-9-5-3-6-10-13)14-11-7-4-8-12-14;1-3-7-11(8-4-1)13-12-9-5-2-6-10-12;1-2-6-10-9(5-1)13-11-7-3-4-8-12(11)14-10;1-3-7-11(8-4-1)13-12-9-5-2-6-10-12;8*1-2/h3-12H,1-2H3;1-10H;1-8H;1-10H;8*1-2H3. The lowest BCUT2D eigenvalue weighted by molar-refractivity contribution is 0.482. The minimum absolute atomic E-state index is 0.0858. The fourth-order valence-corrected chi connectivity index (χ4v) is 8.67. The minimum atomic E-state index is 0.0858. The van der Waals surface area contributed by atoms with E-state index in [2.05, 4.69) is 172 Å². The van der Waals surface area contributed by atoms with Crippen molar-refractivity contribution >= 4 is 35.3 Å². The smallest absolute Gasteiger partial charge is 0.127 e. The summed E-state index contributed by atoms with van der Waals surface area (Å²) in [7, 11) is 0. The Hall–Kier alpha value is -5.39. The summed E-state index contributed by atoms with van der Waals surface area (Å²) < 4.78 is 5.58. The Morgan fingerprint density at radius 2 is 0.465 bits per heavy atom. The molecule has 0 amide bonds. The van der Waals surface area contributed by atoms with Crippen LogP contribution in [0.2, 0.25) is 0 Å². The highest BCUT2D eigenvalue weighted by Crippen LogP contribution is 2.47. The molecule has 0 bridgehead atoms. The van der Waals surface area contributed by atoms with Crippen LogP contribution in [-0.4, -0.2) is 0 Å². The third-order valence-corrected chi connectivity index (χ3v) is 12.2. The van der Waals surface area contributed by atoms with Gasteiger partial charge in [-0.3, -0.25) is 0 Å². The molecule has 0 spiro atoms. The van der Waals surface area contributed by atoms with Crippen molar-refractivity contribution in [1.29, 1.82) is 0 Å². The molecule has 0 unspecified atom stereocenters. The van der Waals surface area contributed by atoms with Crippen molar-refractivity contribution in [3.63, 3.8) is 0 Å². The molecule has 0 N–H and O–H groups in total.